The molecule has 3 unspecified atom stereocenters. The van der Waals surface area contributed by atoms with Crippen molar-refractivity contribution < 1.29 is 31.8 Å². The first-order chi connectivity index (χ1) is 11.2. The van der Waals surface area contributed by atoms with Gasteiger partial charge in [-0.05, 0) is 18.6 Å². The quantitative estimate of drug-likeness (QED) is 0.836. The molecule has 1 aliphatic rings. The SMILES string of the molecule is Cc1cncc(Oc2cnc(C(F)(F)F)c3c2C(F)C(F)C3O)c1. The Hall–Kier alpha value is -2.29. The standard InChI is InChI=1S/C15H11F5N2O2/c1-6-2-7(4-21-3-6)24-8-5-22-14(15(18,19)20)10-9(8)11(16)12(17)13(10)23/h2-5,11-13,23H,1H3. The number of fused-ring (bicyclic) bond motifs is 1. The van der Waals surface area contributed by atoms with Gasteiger partial charge in [-0.2, -0.15) is 13.2 Å². The number of halogens is 5. The summed E-state index contributed by atoms with van der Waals surface area (Å²) >= 11 is 0. The summed E-state index contributed by atoms with van der Waals surface area (Å²) in [6, 6.07) is 1.52. The van der Waals surface area contributed by atoms with Crippen LogP contribution in [0.25, 0.3) is 0 Å². The van der Waals surface area contributed by atoms with Gasteiger partial charge in [0.1, 0.15) is 11.9 Å². The minimum atomic E-state index is -4.96. The summed E-state index contributed by atoms with van der Waals surface area (Å²) in [4.78, 5) is 7.03. The van der Waals surface area contributed by atoms with Crippen LogP contribution in [0.15, 0.2) is 24.7 Å². The maximum absolute atomic E-state index is 14.1. The number of alkyl halides is 5. The van der Waals surface area contributed by atoms with E-state index in [1.165, 1.54) is 18.5 Å². The van der Waals surface area contributed by atoms with Crippen molar-refractivity contribution in [3.05, 3.63) is 47.0 Å². The highest BCUT2D eigenvalue weighted by Gasteiger charge is 2.50. The fourth-order valence-corrected chi connectivity index (χ4v) is 2.60. The van der Waals surface area contributed by atoms with E-state index < -0.39 is 47.2 Å². The van der Waals surface area contributed by atoms with E-state index in [2.05, 4.69) is 9.97 Å². The summed E-state index contributed by atoms with van der Waals surface area (Å²) in [6.45, 7) is 1.70. The number of aliphatic hydroxyl groups is 1. The zero-order valence-corrected chi connectivity index (χ0v) is 12.2. The maximum atomic E-state index is 14.1. The summed E-state index contributed by atoms with van der Waals surface area (Å²) < 4.78 is 72.3. The largest absolute Gasteiger partial charge is 0.454 e. The van der Waals surface area contributed by atoms with Crippen molar-refractivity contribution in [1.82, 2.24) is 9.97 Å². The van der Waals surface area contributed by atoms with Crippen LogP contribution in [0.2, 0.25) is 0 Å². The highest BCUT2D eigenvalue weighted by atomic mass is 19.4. The molecule has 0 saturated carbocycles. The van der Waals surface area contributed by atoms with Crippen LogP contribution < -0.4 is 4.74 Å². The monoisotopic (exact) mass is 346 g/mol. The maximum Gasteiger partial charge on any atom is 0.433 e. The molecule has 0 radical (unpaired) electrons. The first-order valence-electron chi connectivity index (χ1n) is 6.86. The smallest absolute Gasteiger partial charge is 0.433 e. The van der Waals surface area contributed by atoms with Gasteiger partial charge in [0.15, 0.2) is 23.8 Å². The molecular weight excluding hydrogens is 335 g/mol. The lowest BCUT2D eigenvalue weighted by atomic mass is 10.1. The van der Waals surface area contributed by atoms with E-state index in [9.17, 15) is 27.1 Å². The Morgan fingerprint density at radius 3 is 2.46 bits per heavy atom. The molecule has 4 nitrogen and oxygen atoms in total. The highest BCUT2D eigenvalue weighted by molar-refractivity contribution is 5.50. The Kier molecular flexibility index (Phi) is 3.90. The number of nitrogens with zero attached hydrogens (tertiary/aromatic N) is 2. The van der Waals surface area contributed by atoms with Gasteiger partial charge in [0.25, 0.3) is 0 Å². The molecule has 128 valence electrons. The minimum Gasteiger partial charge on any atom is -0.454 e. The van der Waals surface area contributed by atoms with Gasteiger partial charge >= 0.3 is 6.18 Å². The van der Waals surface area contributed by atoms with Crippen LogP contribution in [0.1, 0.15) is 34.7 Å². The van der Waals surface area contributed by atoms with Crippen LogP contribution in [0.5, 0.6) is 11.5 Å². The second kappa shape index (κ2) is 5.66. The highest BCUT2D eigenvalue weighted by Crippen LogP contribution is 2.51. The van der Waals surface area contributed by atoms with E-state index in [1.807, 2.05) is 0 Å². The van der Waals surface area contributed by atoms with E-state index >= 15 is 0 Å². The summed E-state index contributed by atoms with van der Waals surface area (Å²) in [6.07, 6.45) is -8.75. The molecule has 2 heterocycles. The number of hydrogen-bond donors (Lipinski definition) is 1. The van der Waals surface area contributed by atoms with Gasteiger partial charge in [-0.25, -0.2) is 13.8 Å². The third kappa shape index (κ3) is 2.68. The van der Waals surface area contributed by atoms with Gasteiger partial charge in [0.2, 0.25) is 0 Å². The lowest BCUT2D eigenvalue weighted by molar-refractivity contribution is -0.143. The molecule has 0 fully saturated rings. The van der Waals surface area contributed by atoms with Crippen LogP contribution in [0, 0.1) is 6.92 Å². The predicted octanol–water partition coefficient (Wildman–Crippen LogP) is 3.99. The van der Waals surface area contributed by atoms with Crippen molar-refractivity contribution in [3.8, 4) is 11.5 Å². The molecule has 1 N–H and O–H groups in total. The summed E-state index contributed by atoms with van der Waals surface area (Å²) in [5, 5.41) is 9.68. The van der Waals surface area contributed by atoms with Crippen LogP contribution in [-0.4, -0.2) is 21.2 Å². The number of ether oxygens (including phenoxy) is 1. The molecule has 0 aromatic carbocycles. The zero-order chi connectivity index (χ0) is 17.6. The Bertz CT molecular complexity index is 781. The Morgan fingerprint density at radius 2 is 1.83 bits per heavy atom. The first-order valence-corrected chi connectivity index (χ1v) is 6.86. The molecular formula is C15H11F5N2O2. The predicted molar refractivity (Wildman–Crippen MR) is 72.0 cm³/mol. The third-order valence-corrected chi connectivity index (χ3v) is 3.62. The number of aryl methyl sites for hydroxylation is 1. The molecule has 1 aliphatic carbocycles. The second-order valence-electron chi connectivity index (χ2n) is 5.39. The molecule has 0 saturated heterocycles. The third-order valence-electron chi connectivity index (χ3n) is 3.62. The average molecular weight is 346 g/mol. The molecule has 3 rings (SSSR count). The van der Waals surface area contributed by atoms with Crippen molar-refractivity contribution in [3.63, 3.8) is 0 Å². The molecule has 9 heteroatoms. The Balaban J connectivity index is 2.13. The van der Waals surface area contributed by atoms with E-state index in [0.717, 1.165) is 0 Å². The molecule has 3 atom stereocenters. The van der Waals surface area contributed by atoms with Gasteiger partial charge in [-0.15, -0.1) is 0 Å². The Morgan fingerprint density at radius 1 is 1.12 bits per heavy atom. The molecule has 24 heavy (non-hydrogen) atoms. The molecule has 0 spiro atoms. The minimum absolute atomic E-state index is 0.128. The van der Waals surface area contributed by atoms with Crippen LogP contribution in [-0.2, 0) is 6.18 Å². The Labute approximate surface area is 132 Å². The van der Waals surface area contributed by atoms with Gasteiger partial charge < -0.3 is 9.84 Å². The van der Waals surface area contributed by atoms with E-state index in [0.29, 0.717) is 11.8 Å². The summed E-state index contributed by atoms with van der Waals surface area (Å²) in [5.41, 5.74) is -2.44. The topological polar surface area (TPSA) is 55.2 Å². The lowest BCUT2D eigenvalue weighted by Gasteiger charge is -2.16. The number of aromatic nitrogens is 2. The molecule has 0 amide bonds. The number of rotatable bonds is 2. The first kappa shape index (κ1) is 16.6. The summed E-state index contributed by atoms with van der Waals surface area (Å²) in [7, 11) is 0. The van der Waals surface area contributed by atoms with Gasteiger partial charge in [-0.3, -0.25) is 4.98 Å². The molecule has 2 aromatic heterocycles. The number of aliphatic hydroxyl groups excluding tert-OH is 1. The van der Waals surface area contributed by atoms with Gasteiger partial charge in [-0.1, -0.05) is 0 Å². The van der Waals surface area contributed by atoms with E-state index in [-0.39, 0.29) is 5.75 Å². The van der Waals surface area contributed by atoms with E-state index in [4.69, 9.17) is 4.74 Å². The average Bonchev–Trinajstić information content (AvgIpc) is 2.72. The normalized spacial score (nSPS) is 23.2. The summed E-state index contributed by atoms with van der Waals surface area (Å²) in [5.74, 6) is -0.264. The lowest BCUT2D eigenvalue weighted by Crippen LogP contribution is -2.16. The van der Waals surface area contributed by atoms with Gasteiger partial charge in [0, 0.05) is 17.3 Å². The second-order valence-corrected chi connectivity index (χ2v) is 5.39. The van der Waals surface area contributed by atoms with Crippen molar-refractivity contribution in [1.29, 1.82) is 0 Å². The van der Waals surface area contributed by atoms with Crippen LogP contribution in [0.3, 0.4) is 0 Å². The van der Waals surface area contributed by atoms with E-state index in [1.54, 1.807) is 6.92 Å². The zero-order valence-electron chi connectivity index (χ0n) is 12.2. The molecule has 0 bridgehead atoms. The van der Waals surface area contributed by atoms with Crippen molar-refractivity contribution in [2.24, 2.45) is 0 Å². The fraction of sp³-hybridized carbons (Fsp3) is 0.333. The van der Waals surface area contributed by atoms with Crippen LogP contribution in [0.4, 0.5) is 22.0 Å². The number of pyridine rings is 2. The molecule has 0 aliphatic heterocycles. The number of hydrogen-bond acceptors (Lipinski definition) is 4. The van der Waals surface area contributed by atoms with Crippen molar-refractivity contribution >= 4 is 0 Å². The van der Waals surface area contributed by atoms with Crippen LogP contribution >= 0.6 is 0 Å². The molecule has 2 aromatic rings. The fourth-order valence-electron chi connectivity index (χ4n) is 2.60. The van der Waals surface area contributed by atoms with Crippen molar-refractivity contribution in [2.45, 2.75) is 31.5 Å². The van der Waals surface area contributed by atoms with Gasteiger partial charge in [0.05, 0.1) is 12.4 Å². The van der Waals surface area contributed by atoms with Crippen molar-refractivity contribution in [2.75, 3.05) is 0 Å².